The first-order chi connectivity index (χ1) is 8.60. The number of aromatic hydroxyl groups is 1. The summed E-state index contributed by atoms with van der Waals surface area (Å²) in [6.45, 7) is 1.95. The largest absolute Gasteiger partial charge is 0.508 e. The van der Waals surface area contributed by atoms with Crippen molar-refractivity contribution in [3.05, 3.63) is 29.8 Å². The highest BCUT2D eigenvalue weighted by Crippen LogP contribution is 2.15. The monoisotopic (exact) mass is 252 g/mol. The number of hydrogen-bond acceptors (Lipinski definition) is 5. The van der Waals surface area contributed by atoms with Gasteiger partial charge in [0.1, 0.15) is 18.2 Å². The summed E-state index contributed by atoms with van der Waals surface area (Å²) in [5.74, 6) is 0.222. The van der Waals surface area contributed by atoms with E-state index in [0.717, 1.165) is 12.0 Å². The van der Waals surface area contributed by atoms with Crippen LogP contribution in [0.5, 0.6) is 5.75 Å². The van der Waals surface area contributed by atoms with Crippen molar-refractivity contribution in [3.63, 3.8) is 0 Å². The molecule has 1 aromatic carbocycles. The van der Waals surface area contributed by atoms with Crippen molar-refractivity contribution in [1.82, 2.24) is 10.6 Å². The Morgan fingerprint density at radius 1 is 1.00 bits per heavy atom. The molecule has 4 unspecified atom stereocenters. The molecule has 1 heterocycles. The number of aliphatic hydroxyl groups excluding tert-OH is 2. The van der Waals surface area contributed by atoms with Crippen LogP contribution in [-0.2, 0) is 6.42 Å². The summed E-state index contributed by atoms with van der Waals surface area (Å²) >= 11 is 0. The van der Waals surface area contributed by atoms with E-state index < -0.39 is 12.5 Å². The van der Waals surface area contributed by atoms with Crippen LogP contribution in [0.25, 0.3) is 0 Å². The molecule has 5 nitrogen and oxygen atoms in total. The fourth-order valence-corrected chi connectivity index (χ4v) is 2.25. The second kappa shape index (κ2) is 5.67. The SMILES string of the molecule is CCC1NC(O)C(Cc2ccc(O)cc2)NC1O. The van der Waals surface area contributed by atoms with Crippen LogP contribution < -0.4 is 10.6 Å². The van der Waals surface area contributed by atoms with Gasteiger partial charge in [-0.2, -0.15) is 0 Å². The third kappa shape index (κ3) is 3.00. The highest BCUT2D eigenvalue weighted by molar-refractivity contribution is 5.26. The molecule has 0 aromatic heterocycles. The number of phenolic OH excluding ortho intramolecular Hbond substituents is 1. The Morgan fingerprint density at radius 2 is 1.56 bits per heavy atom. The lowest BCUT2D eigenvalue weighted by atomic mass is 10.00. The van der Waals surface area contributed by atoms with E-state index >= 15 is 0 Å². The van der Waals surface area contributed by atoms with Crippen LogP contribution in [0.3, 0.4) is 0 Å². The number of benzene rings is 1. The zero-order valence-corrected chi connectivity index (χ0v) is 10.4. The summed E-state index contributed by atoms with van der Waals surface area (Å²) in [6.07, 6.45) is -0.00768. The zero-order chi connectivity index (χ0) is 13.1. The topological polar surface area (TPSA) is 84.8 Å². The Morgan fingerprint density at radius 3 is 2.17 bits per heavy atom. The van der Waals surface area contributed by atoms with Crippen LogP contribution in [0.1, 0.15) is 18.9 Å². The Labute approximate surface area is 106 Å². The number of aliphatic hydroxyl groups is 2. The highest BCUT2D eigenvalue weighted by atomic mass is 16.3. The van der Waals surface area contributed by atoms with Gasteiger partial charge in [0.2, 0.25) is 0 Å². The van der Waals surface area contributed by atoms with Crippen molar-refractivity contribution in [2.75, 3.05) is 0 Å². The molecule has 0 amide bonds. The van der Waals surface area contributed by atoms with Crippen LogP contribution in [0.2, 0.25) is 0 Å². The van der Waals surface area contributed by atoms with Gasteiger partial charge in [0, 0.05) is 6.04 Å². The number of piperazine rings is 1. The predicted molar refractivity (Wildman–Crippen MR) is 68.0 cm³/mol. The molecule has 100 valence electrons. The van der Waals surface area contributed by atoms with Gasteiger partial charge in [0.25, 0.3) is 0 Å². The molecule has 2 rings (SSSR count). The van der Waals surface area contributed by atoms with Crippen molar-refractivity contribution in [2.45, 2.75) is 44.3 Å². The average Bonchev–Trinajstić information content (AvgIpc) is 2.36. The van der Waals surface area contributed by atoms with Gasteiger partial charge in [-0.05, 0) is 30.5 Å². The van der Waals surface area contributed by atoms with Gasteiger partial charge in [-0.25, -0.2) is 0 Å². The Balaban J connectivity index is 1.99. The van der Waals surface area contributed by atoms with E-state index in [0.29, 0.717) is 6.42 Å². The van der Waals surface area contributed by atoms with Crippen molar-refractivity contribution in [1.29, 1.82) is 0 Å². The van der Waals surface area contributed by atoms with Crippen LogP contribution >= 0.6 is 0 Å². The van der Waals surface area contributed by atoms with E-state index in [-0.39, 0.29) is 17.8 Å². The fourth-order valence-electron chi connectivity index (χ4n) is 2.25. The minimum absolute atomic E-state index is 0.129. The minimum atomic E-state index is -0.688. The molecule has 0 bridgehead atoms. The van der Waals surface area contributed by atoms with Gasteiger partial charge in [-0.15, -0.1) is 0 Å². The first kappa shape index (κ1) is 13.3. The van der Waals surface area contributed by atoms with Gasteiger partial charge >= 0.3 is 0 Å². The quantitative estimate of drug-likeness (QED) is 0.519. The first-order valence-electron chi connectivity index (χ1n) is 6.26. The van der Waals surface area contributed by atoms with Crippen molar-refractivity contribution in [3.8, 4) is 5.75 Å². The lowest BCUT2D eigenvalue weighted by Gasteiger charge is -2.39. The van der Waals surface area contributed by atoms with Crippen LogP contribution in [0.15, 0.2) is 24.3 Å². The molecule has 0 spiro atoms. The van der Waals surface area contributed by atoms with E-state index in [9.17, 15) is 15.3 Å². The average molecular weight is 252 g/mol. The molecule has 1 aliphatic rings. The summed E-state index contributed by atoms with van der Waals surface area (Å²) in [6, 6.07) is 6.47. The smallest absolute Gasteiger partial charge is 0.121 e. The standard InChI is InChI=1S/C13H20N2O3/c1-2-10-12(17)15-11(13(18)14-10)7-8-3-5-9(16)6-4-8/h3-6,10-18H,2,7H2,1H3. The normalized spacial score (nSPS) is 32.4. The number of rotatable bonds is 3. The maximum Gasteiger partial charge on any atom is 0.121 e. The number of hydrogen-bond donors (Lipinski definition) is 5. The molecule has 0 saturated carbocycles. The Kier molecular flexibility index (Phi) is 4.19. The second-order valence-electron chi connectivity index (χ2n) is 4.71. The molecule has 1 fully saturated rings. The summed E-state index contributed by atoms with van der Waals surface area (Å²) in [5.41, 5.74) is 0.994. The second-order valence-corrected chi connectivity index (χ2v) is 4.71. The third-order valence-electron chi connectivity index (χ3n) is 3.36. The van der Waals surface area contributed by atoms with Gasteiger partial charge in [0.05, 0.1) is 6.04 Å². The molecular formula is C13H20N2O3. The lowest BCUT2D eigenvalue weighted by Crippen LogP contribution is -2.66. The molecule has 0 radical (unpaired) electrons. The van der Waals surface area contributed by atoms with Crippen molar-refractivity contribution < 1.29 is 15.3 Å². The van der Waals surface area contributed by atoms with E-state index in [1.165, 1.54) is 0 Å². The van der Waals surface area contributed by atoms with Crippen LogP contribution in [0, 0.1) is 0 Å². The minimum Gasteiger partial charge on any atom is -0.508 e. The maximum absolute atomic E-state index is 9.97. The van der Waals surface area contributed by atoms with E-state index in [4.69, 9.17) is 0 Å². The molecule has 18 heavy (non-hydrogen) atoms. The van der Waals surface area contributed by atoms with E-state index in [2.05, 4.69) is 10.6 Å². The number of nitrogens with one attached hydrogen (secondary N) is 2. The molecule has 1 aliphatic heterocycles. The first-order valence-corrected chi connectivity index (χ1v) is 6.26. The van der Waals surface area contributed by atoms with Gasteiger partial charge in [-0.1, -0.05) is 19.1 Å². The summed E-state index contributed by atoms with van der Waals surface area (Å²) in [4.78, 5) is 0. The van der Waals surface area contributed by atoms with Gasteiger partial charge in [0.15, 0.2) is 0 Å². The molecule has 5 N–H and O–H groups in total. The van der Waals surface area contributed by atoms with E-state index in [1.54, 1.807) is 12.1 Å². The zero-order valence-electron chi connectivity index (χ0n) is 10.4. The maximum atomic E-state index is 9.97. The fraction of sp³-hybridized carbons (Fsp3) is 0.538. The van der Waals surface area contributed by atoms with Crippen LogP contribution in [-0.4, -0.2) is 39.9 Å². The van der Waals surface area contributed by atoms with Gasteiger partial charge < -0.3 is 15.3 Å². The highest BCUT2D eigenvalue weighted by Gasteiger charge is 2.32. The van der Waals surface area contributed by atoms with Crippen LogP contribution in [0.4, 0.5) is 0 Å². The van der Waals surface area contributed by atoms with Gasteiger partial charge in [-0.3, -0.25) is 10.6 Å². The molecular weight excluding hydrogens is 232 g/mol. The molecule has 5 heteroatoms. The summed E-state index contributed by atoms with van der Waals surface area (Å²) in [7, 11) is 0. The third-order valence-corrected chi connectivity index (χ3v) is 3.36. The molecule has 4 atom stereocenters. The Bertz CT molecular complexity index is 382. The predicted octanol–water partition coefficient (Wildman–Crippen LogP) is -0.0885. The summed E-state index contributed by atoms with van der Waals surface area (Å²) in [5, 5.41) is 35.0. The van der Waals surface area contributed by atoms with Crippen molar-refractivity contribution in [2.24, 2.45) is 0 Å². The van der Waals surface area contributed by atoms with E-state index in [1.807, 2.05) is 19.1 Å². The molecule has 0 aliphatic carbocycles. The Hall–Kier alpha value is -1.14. The summed E-state index contributed by atoms with van der Waals surface area (Å²) < 4.78 is 0. The molecule has 1 aromatic rings. The van der Waals surface area contributed by atoms with Crippen molar-refractivity contribution >= 4 is 0 Å². The molecule has 1 saturated heterocycles. The number of phenols is 1. The lowest BCUT2D eigenvalue weighted by molar-refractivity contribution is -0.0315.